The maximum atomic E-state index is 5.97. The number of nitrogens with one attached hydrogen (secondary N) is 2. The molecule has 0 saturated carbocycles. The van der Waals surface area contributed by atoms with Crippen LogP contribution < -0.4 is 10.6 Å². The van der Waals surface area contributed by atoms with Gasteiger partial charge in [0.15, 0.2) is 5.11 Å². The average molecular weight is 353 g/mol. The summed E-state index contributed by atoms with van der Waals surface area (Å²) in [5.74, 6) is 0.563. The van der Waals surface area contributed by atoms with Crippen molar-refractivity contribution in [2.24, 2.45) is 0 Å². The highest BCUT2D eigenvalue weighted by Gasteiger charge is 2.04. The molecular formula is C17H18Cl2N2S. The molecule has 0 fully saturated rings. The lowest BCUT2D eigenvalue weighted by molar-refractivity contribution is 0.734. The number of hydrogen-bond donors (Lipinski definition) is 2. The van der Waals surface area contributed by atoms with Crippen LogP contribution in [0.1, 0.15) is 31.7 Å². The van der Waals surface area contributed by atoms with Crippen LogP contribution in [0.5, 0.6) is 0 Å². The molecule has 2 nitrogen and oxygen atoms in total. The van der Waals surface area contributed by atoms with Gasteiger partial charge in [0.1, 0.15) is 0 Å². The van der Waals surface area contributed by atoms with E-state index in [1.165, 1.54) is 5.56 Å². The van der Waals surface area contributed by atoms with Gasteiger partial charge in [-0.05, 0) is 60.5 Å². The van der Waals surface area contributed by atoms with Crippen LogP contribution in [-0.4, -0.2) is 5.11 Å². The lowest BCUT2D eigenvalue weighted by Crippen LogP contribution is -2.19. The Labute approximate surface area is 146 Å². The largest absolute Gasteiger partial charge is 0.332 e. The van der Waals surface area contributed by atoms with Crippen molar-refractivity contribution >= 4 is 51.9 Å². The lowest BCUT2D eigenvalue weighted by Gasteiger charge is -2.13. The minimum absolute atomic E-state index is 0.495. The fraction of sp³-hybridized carbons (Fsp3) is 0.235. The van der Waals surface area contributed by atoms with E-state index in [-0.39, 0.29) is 0 Å². The van der Waals surface area contributed by atoms with Gasteiger partial charge in [0.2, 0.25) is 0 Å². The molecule has 0 spiro atoms. The van der Waals surface area contributed by atoms with Crippen LogP contribution in [-0.2, 0) is 0 Å². The Kier molecular flexibility index (Phi) is 6.07. The molecule has 0 aliphatic carbocycles. The van der Waals surface area contributed by atoms with Crippen LogP contribution >= 0.6 is 35.4 Å². The van der Waals surface area contributed by atoms with Gasteiger partial charge >= 0.3 is 0 Å². The summed E-state index contributed by atoms with van der Waals surface area (Å²) in [6.45, 7) is 4.41. The zero-order valence-corrected chi connectivity index (χ0v) is 14.8. The van der Waals surface area contributed by atoms with Crippen molar-refractivity contribution in [3.63, 3.8) is 0 Å². The van der Waals surface area contributed by atoms with Gasteiger partial charge in [-0.25, -0.2) is 0 Å². The predicted molar refractivity (Wildman–Crippen MR) is 101 cm³/mol. The van der Waals surface area contributed by atoms with Crippen molar-refractivity contribution in [3.8, 4) is 0 Å². The Balaban J connectivity index is 1.99. The molecule has 1 unspecified atom stereocenters. The van der Waals surface area contributed by atoms with E-state index in [9.17, 15) is 0 Å². The third kappa shape index (κ3) is 4.87. The Hall–Kier alpha value is -1.29. The summed E-state index contributed by atoms with van der Waals surface area (Å²) in [6, 6.07) is 13.5. The fourth-order valence-corrected chi connectivity index (χ4v) is 2.81. The Morgan fingerprint density at radius 1 is 1.00 bits per heavy atom. The first-order chi connectivity index (χ1) is 10.5. The molecule has 116 valence electrons. The lowest BCUT2D eigenvalue weighted by atomic mass is 9.99. The van der Waals surface area contributed by atoms with Gasteiger partial charge in [-0.1, -0.05) is 49.2 Å². The maximum Gasteiger partial charge on any atom is 0.175 e. The van der Waals surface area contributed by atoms with E-state index >= 15 is 0 Å². The van der Waals surface area contributed by atoms with Crippen molar-refractivity contribution in [2.45, 2.75) is 26.2 Å². The first-order valence-electron chi connectivity index (χ1n) is 7.12. The molecule has 0 saturated heterocycles. The highest BCUT2D eigenvalue weighted by Crippen LogP contribution is 2.23. The zero-order chi connectivity index (χ0) is 16.1. The van der Waals surface area contributed by atoms with Gasteiger partial charge in [-0.15, -0.1) is 0 Å². The summed E-state index contributed by atoms with van der Waals surface area (Å²) >= 11 is 17.2. The first-order valence-corrected chi connectivity index (χ1v) is 8.28. The smallest absolute Gasteiger partial charge is 0.175 e. The summed E-state index contributed by atoms with van der Waals surface area (Å²) in [4.78, 5) is 0. The van der Waals surface area contributed by atoms with Crippen LogP contribution in [0.2, 0.25) is 10.0 Å². The second-order valence-electron chi connectivity index (χ2n) is 5.17. The summed E-state index contributed by atoms with van der Waals surface area (Å²) < 4.78 is 0. The molecule has 2 N–H and O–H groups in total. The van der Waals surface area contributed by atoms with E-state index in [1.54, 1.807) is 18.2 Å². The predicted octanol–water partition coefficient (Wildman–Crippen LogP) is 6.32. The van der Waals surface area contributed by atoms with E-state index in [2.05, 4.69) is 36.6 Å². The van der Waals surface area contributed by atoms with E-state index in [1.807, 2.05) is 12.1 Å². The molecule has 2 aromatic carbocycles. The summed E-state index contributed by atoms with van der Waals surface area (Å²) in [7, 11) is 0. The van der Waals surface area contributed by atoms with Gasteiger partial charge in [0, 0.05) is 21.4 Å². The van der Waals surface area contributed by atoms with Crippen LogP contribution in [0.15, 0.2) is 42.5 Å². The normalized spacial score (nSPS) is 11.8. The average Bonchev–Trinajstić information content (AvgIpc) is 2.46. The number of thiocarbonyl (C=S) groups is 1. The Morgan fingerprint density at radius 3 is 2.09 bits per heavy atom. The molecule has 0 aromatic heterocycles. The van der Waals surface area contributed by atoms with Crippen molar-refractivity contribution < 1.29 is 0 Å². The SMILES string of the molecule is CCC(C)c1ccc(NC(=S)Nc2cc(Cl)cc(Cl)c2)cc1. The van der Waals surface area contributed by atoms with E-state index in [4.69, 9.17) is 35.4 Å². The minimum Gasteiger partial charge on any atom is -0.332 e. The topological polar surface area (TPSA) is 24.1 Å². The number of benzene rings is 2. The molecule has 5 heteroatoms. The van der Waals surface area contributed by atoms with Gasteiger partial charge in [-0.3, -0.25) is 0 Å². The Bertz CT molecular complexity index is 636. The number of anilines is 2. The van der Waals surface area contributed by atoms with Crippen LogP contribution in [0.25, 0.3) is 0 Å². The van der Waals surface area contributed by atoms with Gasteiger partial charge < -0.3 is 10.6 Å². The van der Waals surface area contributed by atoms with Gasteiger partial charge in [-0.2, -0.15) is 0 Å². The second kappa shape index (κ2) is 7.82. The minimum atomic E-state index is 0.495. The quantitative estimate of drug-likeness (QED) is 0.629. The summed E-state index contributed by atoms with van der Waals surface area (Å²) in [6.07, 6.45) is 1.13. The monoisotopic (exact) mass is 352 g/mol. The second-order valence-corrected chi connectivity index (χ2v) is 6.45. The fourth-order valence-electron chi connectivity index (χ4n) is 2.05. The number of rotatable bonds is 4. The Morgan fingerprint density at radius 2 is 1.55 bits per heavy atom. The van der Waals surface area contributed by atoms with Crippen LogP contribution in [0, 0.1) is 0 Å². The number of halogens is 2. The molecule has 2 rings (SSSR count). The standard InChI is InChI=1S/C17H18Cl2N2S/c1-3-11(2)12-4-6-15(7-5-12)20-17(22)21-16-9-13(18)8-14(19)10-16/h4-11H,3H2,1-2H3,(H2,20,21,22). The third-order valence-electron chi connectivity index (χ3n) is 3.47. The van der Waals surface area contributed by atoms with Crippen molar-refractivity contribution in [3.05, 3.63) is 58.1 Å². The van der Waals surface area contributed by atoms with Crippen molar-refractivity contribution in [1.82, 2.24) is 0 Å². The number of hydrogen-bond acceptors (Lipinski definition) is 1. The maximum absolute atomic E-state index is 5.97. The zero-order valence-electron chi connectivity index (χ0n) is 12.5. The molecule has 22 heavy (non-hydrogen) atoms. The van der Waals surface area contributed by atoms with Crippen molar-refractivity contribution in [2.75, 3.05) is 10.6 Å². The molecular weight excluding hydrogens is 335 g/mol. The molecule has 0 amide bonds. The van der Waals surface area contributed by atoms with Crippen molar-refractivity contribution in [1.29, 1.82) is 0 Å². The molecule has 0 heterocycles. The molecule has 0 aliphatic heterocycles. The third-order valence-corrected chi connectivity index (χ3v) is 4.11. The molecule has 1 atom stereocenters. The summed E-state index contributed by atoms with van der Waals surface area (Å²) in [5, 5.41) is 7.85. The highest BCUT2D eigenvalue weighted by molar-refractivity contribution is 7.80. The molecule has 2 aromatic rings. The van der Waals surface area contributed by atoms with E-state index in [0.29, 0.717) is 21.1 Å². The van der Waals surface area contributed by atoms with E-state index < -0.39 is 0 Å². The van der Waals surface area contributed by atoms with E-state index in [0.717, 1.165) is 17.8 Å². The molecule has 0 aliphatic rings. The van der Waals surface area contributed by atoms with Gasteiger partial charge in [0.05, 0.1) is 0 Å². The molecule has 0 bridgehead atoms. The summed E-state index contributed by atoms with van der Waals surface area (Å²) in [5.41, 5.74) is 3.03. The first kappa shape index (κ1) is 17.1. The van der Waals surface area contributed by atoms with Crippen LogP contribution in [0.4, 0.5) is 11.4 Å². The highest BCUT2D eigenvalue weighted by atomic mass is 35.5. The molecule has 0 radical (unpaired) electrons. The van der Waals surface area contributed by atoms with Crippen LogP contribution in [0.3, 0.4) is 0 Å². The van der Waals surface area contributed by atoms with Gasteiger partial charge in [0.25, 0.3) is 0 Å².